The molecule has 0 bridgehead atoms. The number of benzene rings is 2. The van der Waals surface area contributed by atoms with Crippen LogP contribution in [0.5, 0.6) is 0 Å². The number of nitrogens with one attached hydrogen (secondary N) is 3. The Morgan fingerprint density at radius 1 is 1.00 bits per heavy atom. The van der Waals surface area contributed by atoms with E-state index in [1.807, 2.05) is 18.2 Å². The lowest BCUT2D eigenvalue weighted by Gasteiger charge is -2.10. The Morgan fingerprint density at radius 3 is 2.26 bits per heavy atom. The molecule has 3 rings (SSSR count). The maximum absolute atomic E-state index is 12.4. The molecule has 0 spiro atoms. The standard InChI is InChI=1S/C17H13N5O4S/c23-15(11-6-8-13(9-7-11)22(25)26)19-20-16(24)14-10-18-17(27)21(14)12-4-2-1-3-5-12/h1-10H,(H,18,27)(H,19,23)(H,20,24). The van der Waals surface area contributed by atoms with Gasteiger partial charge in [0.2, 0.25) is 0 Å². The number of para-hydroxylation sites is 1. The average Bonchev–Trinajstić information content (AvgIpc) is 3.08. The van der Waals surface area contributed by atoms with E-state index < -0.39 is 16.7 Å². The highest BCUT2D eigenvalue weighted by Gasteiger charge is 2.16. The van der Waals surface area contributed by atoms with Crippen LogP contribution in [0, 0.1) is 14.9 Å². The molecule has 2 amide bonds. The normalized spacial score (nSPS) is 10.2. The van der Waals surface area contributed by atoms with Gasteiger partial charge in [0, 0.05) is 29.6 Å². The fourth-order valence-electron chi connectivity index (χ4n) is 2.35. The molecule has 0 aliphatic carbocycles. The quantitative estimate of drug-likeness (QED) is 0.363. The molecule has 0 saturated heterocycles. The highest BCUT2D eigenvalue weighted by atomic mass is 32.1. The number of nitro benzene ring substituents is 1. The smallest absolute Gasteiger partial charge is 0.288 e. The van der Waals surface area contributed by atoms with Gasteiger partial charge in [-0.1, -0.05) is 18.2 Å². The Kier molecular flexibility index (Phi) is 5.08. The number of aromatic amines is 1. The summed E-state index contributed by atoms with van der Waals surface area (Å²) in [6, 6.07) is 14.0. The third-order valence-electron chi connectivity index (χ3n) is 3.65. The molecule has 136 valence electrons. The fourth-order valence-corrected chi connectivity index (χ4v) is 2.62. The first kappa shape index (κ1) is 18.0. The van der Waals surface area contributed by atoms with E-state index in [1.165, 1.54) is 35.0 Å². The molecule has 0 unspecified atom stereocenters. The molecule has 1 aromatic heterocycles. The molecule has 0 aliphatic rings. The number of H-pyrrole nitrogens is 1. The third-order valence-corrected chi connectivity index (χ3v) is 3.95. The van der Waals surface area contributed by atoms with Gasteiger partial charge in [-0.15, -0.1) is 0 Å². The van der Waals surface area contributed by atoms with E-state index in [2.05, 4.69) is 15.8 Å². The zero-order valence-electron chi connectivity index (χ0n) is 13.7. The van der Waals surface area contributed by atoms with Crippen molar-refractivity contribution in [1.82, 2.24) is 20.4 Å². The Labute approximate surface area is 157 Å². The summed E-state index contributed by atoms with van der Waals surface area (Å²) in [6.45, 7) is 0. The third kappa shape index (κ3) is 3.90. The molecule has 0 atom stereocenters. The van der Waals surface area contributed by atoms with E-state index in [1.54, 1.807) is 12.1 Å². The van der Waals surface area contributed by atoms with Gasteiger partial charge in [-0.2, -0.15) is 0 Å². The van der Waals surface area contributed by atoms with Crippen molar-refractivity contribution in [3.8, 4) is 5.69 Å². The minimum atomic E-state index is -0.612. The van der Waals surface area contributed by atoms with Gasteiger partial charge < -0.3 is 4.98 Å². The molecule has 2 aromatic carbocycles. The van der Waals surface area contributed by atoms with Crippen LogP contribution >= 0.6 is 12.2 Å². The molecule has 0 aliphatic heterocycles. The van der Waals surface area contributed by atoms with Gasteiger partial charge in [-0.3, -0.25) is 35.1 Å². The second-order valence-electron chi connectivity index (χ2n) is 5.36. The number of aromatic nitrogens is 2. The van der Waals surface area contributed by atoms with Crippen molar-refractivity contribution in [3.63, 3.8) is 0 Å². The summed E-state index contributed by atoms with van der Waals surface area (Å²) in [5.74, 6) is -1.19. The first-order valence-corrected chi connectivity index (χ1v) is 8.09. The molecule has 9 nitrogen and oxygen atoms in total. The number of hydrazine groups is 1. The first-order valence-electron chi connectivity index (χ1n) is 7.68. The number of carbonyl (C=O) groups is 2. The lowest BCUT2D eigenvalue weighted by atomic mass is 10.2. The van der Waals surface area contributed by atoms with Crippen molar-refractivity contribution in [1.29, 1.82) is 0 Å². The summed E-state index contributed by atoms with van der Waals surface area (Å²) in [4.78, 5) is 37.4. The summed E-state index contributed by atoms with van der Waals surface area (Å²) in [7, 11) is 0. The molecular formula is C17H13N5O4S. The van der Waals surface area contributed by atoms with E-state index in [9.17, 15) is 19.7 Å². The van der Waals surface area contributed by atoms with Crippen LogP contribution in [0.3, 0.4) is 0 Å². The molecule has 0 fully saturated rings. The lowest BCUT2D eigenvalue weighted by molar-refractivity contribution is -0.384. The molecule has 10 heteroatoms. The van der Waals surface area contributed by atoms with Crippen molar-refractivity contribution < 1.29 is 14.5 Å². The largest absolute Gasteiger partial charge is 0.336 e. The summed E-state index contributed by atoms with van der Waals surface area (Å²) in [6.07, 6.45) is 1.43. The van der Waals surface area contributed by atoms with Crippen LogP contribution in [0.1, 0.15) is 20.8 Å². The van der Waals surface area contributed by atoms with E-state index in [4.69, 9.17) is 12.2 Å². The van der Waals surface area contributed by atoms with E-state index >= 15 is 0 Å². The zero-order chi connectivity index (χ0) is 19.4. The van der Waals surface area contributed by atoms with Crippen LogP contribution in [-0.4, -0.2) is 26.3 Å². The van der Waals surface area contributed by atoms with Crippen LogP contribution in [0.25, 0.3) is 5.69 Å². The molecule has 3 N–H and O–H groups in total. The van der Waals surface area contributed by atoms with Gasteiger partial charge in [0.05, 0.1) is 4.92 Å². The first-order chi connectivity index (χ1) is 13.0. The minimum Gasteiger partial charge on any atom is -0.336 e. The summed E-state index contributed by atoms with van der Waals surface area (Å²) >= 11 is 5.20. The van der Waals surface area contributed by atoms with Gasteiger partial charge >= 0.3 is 0 Å². The van der Waals surface area contributed by atoms with Crippen LogP contribution in [0.15, 0.2) is 60.8 Å². The maximum Gasteiger partial charge on any atom is 0.288 e. The van der Waals surface area contributed by atoms with E-state index in [0.717, 1.165) is 0 Å². The van der Waals surface area contributed by atoms with Crippen molar-refractivity contribution >= 4 is 29.7 Å². The predicted octanol–water partition coefficient (Wildman–Crippen LogP) is 2.52. The topological polar surface area (TPSA) is 122 Å². The number of amides is 2. The second kappa shape index (κ2) is 7.62. The van der Waals surface area contributed by atoms with E-state index in [-0.39, 0.29) is 16.9 Å². The van der Waals surface area contributed by atoms with Gasteiger partial charge in [0.1, 0.15) is 5.69 Å². The fraction of sp³-hybridized carbons (Fsp3) is 0. The molecule has 0 saturated carbocycles. The van der Waals surface area contributed by atoms with Gasteiger partial charge in [0.25, 0.3) is 17.5 Å². The number of non-ortho nitro benzene ring substituents is 1. The van der Waals surface area contributed by atoms with Crippen LogP contribution in [0.4, 0.5) is 5.69 Å². The van der Waals surface area contributed by atoms with Crippen molar-refractivity contribution in [2.45, 2.75) is 0 Å². The number of imidazole rings is 1. The number of rotatable bonds is 4. The molecular weight excluding hydrogens is 370 g/mol. The highest BCUT2D eigenvalue weighted by molar-refractivity contribution is 7.71. The molecule has 3 aromatic rings. The Bertz CT molecular complexity index is 1060. The van der Waals surface area contributed by atoms with Crippen molar-refractivity contribution in [3.05, 3.63) is 86.9 Å². The number of carbonyl (C=O) groups excluding carboxylic acids is 2. The molecule has 0 radical (unpaired) electrons. The average molecular weight is 383 g/mol. The van der Waals surface area contributed by atoms with Crippen LogP contribution in [-0.2, 0) is 0 Å². The SMILES string of the molecule is O=C(NNC(=O)c1c[nH]c(=S)n1-c1ccccc1)c1ccc([N+](=O)[O-])cc1. The van der Waals surface area contributed by atoms with Crippen molar-refractivity contribution in [2.24, 2.45) is 0 Å². The number of nitrogens with zero attached hydrogens (tertiary/aromatic N) is 2. The molecule has 27 heavy (non-hydrogen) atoms. The van der Waals surface area contributed by atoms with Gasteiger partial charge in [-0.05, 0) is 36.5 Å². The number of nitro groups is 1. The van der Waals surface area contributed by atoms with Crippen LogP contribution in [0.2, 0.25) is 0 Å². The Hall–Kier alpha value is -3.79. The molecule has 1 heterocycles. The summed E-state index contributed by atoms with van der Waals surface area (Å²) in [5, 5.41) is 10.6. The predicted molar refractivity (Wildman–Crippen MR) is 99.0 cm³/mol. The minimum absolute atomic E-state index is 0.134. The van der Waals surface area contributed by atoms with Crippen molar-refractivity contribution in [2.75, 3.05) is 0 Å². The van der Waals surface area contributed by atoms with E-state index in [0.29, 0.717) is 10.5 Å². The summed E-state index contributed by atoms with van der Waals surface area (Å²) in [5.41, 5.74) is 5.48. The Balaban J connectivity index is 1.72. The van der Waals surface area contributed by atoms with Gasteiger partial charge in [0.15, 0.2) is 4.77 Å². The monoisotopic (exact) mass is 383 g/mol. The van der Waals surface area contributed by atoms with Crippen LogP contribution < -0.4 is 10.9 Å². The number of hydrogen-bond donors (Lipinski definition) is 3. The second-order valence-corrected chi connectivity index (χ2v) is 5.75. The highest BCUT2D eigenvalue weighted by Crippen LogP contribution is 2.13. The number of hydrogen-bond acceptors (Lipinski definition) is 5. The zero-order valence-corrected chi connectivity index (χ0v) is 14.5. The van der Waals surface area contributed by atoms with Gasteiger partial charge in [-0.25, -0.2) is 0 Å². The maximum atomic E-state index is 12.4. The Morgan fingerprint density at radius 2 is 1.63 bits per heavy atom. The summed E-state index contributed by atoms with van der Waals surface area (Å²) < 4.78 is 1.86. The lowest BCUT2D eigenvalue weighted by Crippen LogP contribution is -2.42.